The molecule has 1 atom stereocenters. The molecule has 0 saturated carbocycles. The number of fused-ring (bicyclic) bond motifs is 1. The van der Waals surface area contributed by atoms with Crippen LogP contribution in [0, 0.1) is 6.92 Å². The average molecular weight is 322 g/mol. The smallest absolute Gasteiger partial charge is 0.239 e. The Morgan fingerprint density at radius 3 is 2.67 bits per heavy atom. The maximum Gasteiger partial charge on any atom is 0.239 e. The third kappa shape index (κ3) is 4.16. The van der Waals surface area contributed by atoms with Crippen molar-refractivity contribution < 1.29 is 4.79 Å². The van der Waals surface area contributed by atoms with Gasteiger partial charge in [0.2, 0.25) is 5.91 Å². The summed E-state index contributed by atoms with van der Waals surface area (Å²) >= 11 is 0. The lowest BCUT2D eigenvalue weighted by Crippen LogP contribution is -2.32. The van der Waals surface area contributed by atoms with Crippen LogP contribution >= 0.6 is 0 Å². The minimum Gasteiger partial charge on any atom is -0.376 e. The molecule has 3 nitrogen and oxygen atoms in total. The Bertz CT molecular complexity index is 724. The molecule has 0 spiro atoms. The third-order valence-corrected chi connectivity index (χ3v) is 4.72. The highest BCUT2D eigenvalue weighted by molar-refractivity contribution is 5.81. The minimum atomic E-state index is 0.0155. The Balaban J connectivity index is 1.56. The van der Waals surface area contributed by atoms with Crippen LogP contribution in [0.5, 0.6) is 0 Å². The van der Waals surface area contributed by atoms with Crippen molar-refractivity contribution >= 4 is 11.6 Å². The van der Waals surface area contributed by atoms with Crippen LogP contribution in [0.15, 0.2) is 42.5 Å². The van der Waals surface area contributed by atoms with Crippen molar-refractivity contribution in [2.75, 3.05) is 11.9 Å². The number of hydrogen-bond donors (Lipinski definition) is 2. The lowest BCUT2D eigenvalue weighted by Gasteiger charge is -2.20. The van der Waals surface area contributed by atoms with Crippen molar-refractivity contribution in [3.05, 3.63) is 64.7 Å². The standard InChI is InChI=1S/C21H26N2O/c1-15-6-5-9-20(12-15)22-14-21(24)23-16(2)18-11-10-17-7-3-4-8-19(17)13-18/h5-6,9-13,16,22H,3-4,7-8,14H2,1-2H3,(H,23,24). The summed E-state index contributed by atoms with van der Waals surface area (Å²) in [4.78, 5) is 12.2. The maximum atomic E-state index is 12.2. The Hall–Kier alpha value is -2.29. The first-order valence-electron chi connectivity index (χ1n) is 8.83. The highest BCUT2D eigenvalue weighted by Gasteiger charge is 2.14. The average Bonchev–Trinajstić information content (AvgIpc) is 2.59. The normalized spacial score (nSPS) is 14.6. The molecule has 1 amide bonds. The van der Waals surface area contributed by atoms with Gasteiger partial charge < -0.3 is 10.6 Å². The molecule has 2 N–H and O–H groups in total. The summed E-state index contributed by atoms with van der Waals surface area (Å²) in [6.45, 7) is 4.39. The monoisotopic (exact) mass is 322 g/mol. The molecule has 1 aliphatic rings. The topological polar surface area (TPSA) is 41.1 Å². The van der Waals surface area contributed by atoms with Gasteiger partial charge in [0.05, 0.1) is 12.6 Å². The van der Waals surface area contributed by atoms with E-state index in [0.717, 1.165) is 5.69 Å². The van der Waals surface area contributed by atoms with E-state index in [1.165, 1.54) is 47.9 Å². The van der Waals surface area contributed by atoms with Crippen molar-refractivity contribution in [3.63, 3.8) is 0 Å². The first-order valence-corrected chi connectivity index (χ1v) is 8.83. The Morgan fingerprint density at radius 1 is 1.08 bits per heavy atom. The van der Waals surface area contributed by atoms with Gasteiger partial charge in [0.15, 0.2) is 0 Å². The van der Waals surface area contributed by atoms with Crippen LogP contribution in [-0.2, 0) is 17.6 Å². The molecular formula is C21H26N2O. The molecule has 126 valence electrons. The molecule has 0 saturated heterocycles. The van der Waals surface area contributed by atoms with E-state index in [-0.39, 0.29) is 11.9 Å². The number of carbonyl (C=O) groups is 1. The molecule has 0 fully saturated rings. The molecule has 2 aromatic carbocycles. The van der Waals surface area contributed by atoms with Crippen LogP contribution in [0.4, 0.5) is 5.69 Å². The first-order chi connectivity index (χ1) is 11.6. The van der Waals surface area contributed by atoms with Gasteiger partial charge in [-0.3, -0.25) is 4.79 Å². The lowest BCUT2D eigenvalue weighted by molar-refractivity contribution is -0.120. The zero-order valence-electron chi connectivity index (χ0n) is 14.6. The minimum absolute atomic E-state index is 0.0155. The van der Waals surface area contributed by atoms with Crippen molar-refractivity contribution in [2.24, 2.45) is 0 Å². The Labute approximate surface area is 144 Å². The fraction of sp³-hybridized carbons (Fsp3) is 0.381. The van der Waals surface area contributed by atoms with E-state index in [4.69, 9.17) is 0 Å². The van der Waals surface area contributed by atoms with Gasteiger partial charge in [-0.1, -0.05) is 30.3 Å². The second-order valence-corrected chi connectivity index (χ2v) is 6.75. The van der Waals surface area contributed by atoms with Gasteiger partial charge in [-0.15, -0.1) is 0 Å². The Morgan fingerprint density at radius 2 is 1.88 bits per heavy atom. The van der Waals surface area contributed by atoms with E-state index >= 15 is 0 Å². The SMILES string of the molecule is Cc1cccc(NCC(=O)NC(C)c2ccc3c(c2)CCCC3)c1. The van der Waals surface area contributed by atoms with Crippen LogP contribution in [0.3, 0.4) is 0 Å². The second-order valence-electron chi connectivity index (χ2n) is 6.75. The van der Waals surface area contributed by atoms with E-state index < -0.39 is 0 Å². The molecule has 1 unspecified atom stereocenters. The summed E-state index contributed by atoms with van der Waals surface area (Å²) in [5.41, 5.74) is 6.29. The molecule has 2 aromatic rings. The van der Waals surface area contributed by atoms with Crippen LogP contribution in [0.2, 0.25) is 0 Å². The molecule has 0 aromatic heterocycles. The van der Waals surface area contributed by atoms with Crippen LogP contribution in [0.25, 0.3) is 0 Å². The Kier molecular flexibility index (Phi) is 5.19. The van der Waals surface area contributed by atoms with Gasteiger partial charge >= 0.3 is 0 Å². The lowest BCUT2D eigenvalue weighted by atomic mass is 9.89. The quantitative estimate of drug-likeness (QED) is 0.868. The predicted octanol–water partition coefficient (Wildman–Crippen LogP) is 4.16. The number of rotatable bonds is 5. The van der Waals surface area contributed by atoms with Crippen LogP contribution in [0.1, 0.15) is 48.1 Å². The zero-order chi connectivity index (χ0) is 16.9. The molecule has 3 rings (SSSR count). The summed E-state index contributed by atoms with van der Waals surface area (Å²) in [7, 11) is 0. The van der Waals surface area contributed by atoms with Crippen LogP contribution in [-0.4, -0.2) is 12.5 Å². The van der Waals surface area contributed by atoms with E-state index in [9.17, 15) is 4.79 Å². The molecular weight excluding hydrogens is 296 g/mol. The van der Waals surface area contributed by atoms with Crippen molar-refractivity contribution in [3.8, 4) is 0 Å². The number of amides is 1. The predicted molar refractivity (Wildman–Crippen MR) is 99.3 cm³/mol. The van der Waals surface area contributed by atoms with Gasteiger partial charge in [-0.05, 0) is 73.9 Å². The number of carbonyl (C=O) groups excluding carboxylic acids is 1. The highest BCUT2D eigenvalue weighted by Crippen LogP contribution is 2.24. The van der Waals surface area contributed by atoms with Gasteiger partial charge in [-0.25, -0.2) is 0 Å². The number of anilines is 1. The molecule has 1 aliphatic carbocycles. The summed E-state index contributed by atoms with van der Waals surface area (Å²) in [6, 6.07) is 14.7. The summed E-state index contributed by atoms with van der Waals surface area (Å²) in [6.07, 6.45) is 4.93. The van der Waals surface area contributed by atoms with E-state index in [2.05, 4.69) is 35.8 Å². The molecule has 24 heavy (non-hydrogen) atoms. The zero-order valence-corrected chi connectivity index (χ0v) is 14.6. The van der Waals surface area contributed by atoms with E-state index in [1.807, 2.05) is 31.2 Å². The van der Waals surface area contributed by atoms with Gasteiger partial charge in [0, 0.05) is 5.69 Å². The fourth-order valence-electron chi connectivity index (χ4n) is 3.34. The van der Waals surface area contributed by atoms with Gasteiger partial charge in [0.25, 0.3) is 0 Å². The highest BCUT2D eigenvalue weighted by atomic mass is 16.1. The van der Waals surface area contributed by atoms with E-state index in [0.29, 0.717) is 6.54 Å². The number of aryl methyl sites for hydroxylation is 3. The maximum absolute atomic E-state index is 12.2. The van der Waals surface area contributed by atoms with Gasteiger partial charge in [0.1, 0.15) is 0 Å². The summed E-state index contributed by atoms with van der Waals surface area (Å²) < 4.78 is 0. The molecule has 0 bridgehead atoms. The van der Waals surface area contributed by atoms with Crippen LogP contribution < -0.4 is 10.6 Å². The van der Waals surface area contributed by atoms with Crippen molar-refractivity contribution in [1.82, 2.24) is 5.32 Å². The van der Waals surface area contributed by atoms with Gasteiger partial charge in [-0.2, -0.15) is 0 Å². The fourth-order valence-corrected chi connectivity index (χ4v) is 3.34. The number of nitrogens with one attached hydrogen (secondary N) is 2. The molecule has 0 heterocycles. The number of benzene rings is 2. The largest absolute Gasteiger partial charge is 0.376 e. The number of hydrogen-bond acceptors (Lipinski definition) is 2. The van der Waals surface area contributed by atoms with E-state index in [1.54, 1.807) is 0 Å². The summed E-state index contributed by atoms with van der Waals surface area (Å²) in [5, 5.41) is 6.27. The molecule has 0 aliphatic heterocycles. The summed E-state index contributed by atoms with van der Waals surface area (Å²) in [5.74, 6) is 0.0155. The van der Waals surface area contributed by atoms with Crippen molar-refractivity contribution in [2.45, 2.75) is 45.6 Å². The molecule has 3 heteroatoms. The van der Waals surface area contributed by atoms with Crippen molar-refractivity contribution in [1.29, 1.82) is 0 Å². The second kappa shape index (κ2) is 7.52. The first kappa shape index (κ1) is 16.6. The third-order valence-electron chi connectivity index (χ3n) is 4.72. The molecule has 0 radical (unpaired) electrons.